The zero-order valence-corrected chi connectivity index (χ0v) is 12.1. The predicted octanol–water partition coefficient (Wildman–Crippen LogP) is 2.86. The van der Waals surface area contributed by atoms with Gasteiger partial charge in [-0.1, -0.05) is 6.07 Å². The maximum atomic E-state index is 5.86. The van der Waals surface area contributed by atoms with Gasteiger partial charge >= 0.3 is 0 Å². The van der Waals surface area contributed by atoms with Crippen LogP contribution >= 0.6 is 11.6 Å². The van der Waals surface area contributed by atoms with Crippen molar-refractivity contribution in [2.45, 2.75) is 19.4 Å². The monoisotopic (exact) mass is 282 g/mol. The SMILES string of the molecule is COCCCn1c(CCCl)nc2c(OC)cccc21. The van der Waals surface area contributed by atoms with E-state index in [0.29, 0.717) is 5.88 Å². The first kappa shape index (κ1) is 14.2. The lowest BCUT2D eigenvalue weighted by molar-refractivity contribution is 0.190. The normalized spacial score (nSPS) is 11.1. The molecular formula is C14H19ClN2O2. The first-order chi connectivity index (χ1) is 9.31. The minimum Gasteiger partial charge on any atom is -0.494 e. The molecule has 0 saturated carbocycles. The van der Waals surface area contributed by atoms with Gasteiger partial charge in [-0.05, 0) is 18.6 Å². The Labute approximate surface area is 118 Å². The summed E-state index contributed by atoms with van der Waals surface area (Å²) in [6.07, 6.45) is 1.71. The van der Waals surface area contributed by atoms with Crippen molar-refractivity contribution >= 4 is 22.6 Å². The maximum absolute atomic E-state index is 5.86. The van der Waals surface area contributed by atoms with Crippen LogP contribution in [0.1, 0.15) is 12.2 Å². The van der Waals surface area contributed by atoms with E-state index in [2.05, 4.69) is 15.6 Å². The number of hydrogen-bond donors (Lipinski definition) is 0. The van der Waals surface area contributed by atoms with Gasteiger partial charge in [-0.15, -0.1) is 11.6 Å². The lowest BCUT2D eigenvalue weighted by Crippen LogP contribution is -2.06. The first-order valence-corrected chi connectivity index (χ1v) is 6.92. The predicted molar refractivity (Wildman–Crippen MR) is 77.2 cm³/mol. The van der Waals surface area contributed by atoms with Crippen LogP contribution in [0.3, 0.4) is 0 Å². The third kappa shape index (κ3) is 3.01. The zero-order chi connectivity index (χ0) is 13.7. The molecule has 0 spiro atoms. The van der Waals surface area contributed by atoms with Crippen molar-refractivity contribution in [2.75, 3.05) is 26.7 Å². The summed E-state index contributed by atoms with van der Waals surface area (Å²) in [4.78, 5) is 4.66. The molecule has 0 unspecified atom stereocenters. The van der Waals surface area contributed by atoms with Gasteiger partial charge in [0.2, 0.25) is 0 Å². The first-order valence-electron chi connectivity index (χ1n) is 6.38. The summed E-state index contributed by atoms with van der Waals surface area (Å²) < 4.78 is 12.7. The molecule has 104 valence electrons. The fraction of sp³-hybridized carbons (Fsp3) is 0.500. The summed E-state index contributed by atoms with van der Waals surface area (Å²) in [5, 5.41) is 0. The molecule has 0 amide bonds. The van der Waals surface area contributed by atoms with Crippen LogP contribution in [0.4, 0.5) is 0 Å². The van der Waals surface area contributed by atoms with Crippen LogP contribution in [0.2, 0.25) is 0 Å². The molecule has 5 heteroatoms. The zero-order valence-electron chi connectivity index (χ0n) is 11.4. The number of hydrogen-bond acceptors (Lipinski definition) is 3. The van der Waals surface area contributed by atoms with Gasteiger partial charge in [0.1, 0.15) is 17.1 Å². The second-order valence-electron chi connectivity index (χ2n) is 4.29. The van der Waals surface area contributed by atoms with Crippen LogP contribution < -0.4 is 4.74 Å². The number of methoxy groups -OCH3 is 2. The lowest BCUT2D eigenvalue weighted by atomic mass is 10.3. The van der Waals surface area contributed by atoms with Crippen molar-refractivity contribution in [3.63, 3.8) is 0 Å². The molecule has 0 aliphatic carbocycles. The number of benzene rings is 1. The van der Waals surface area contributed by atoms with Gasteiger partial charge in [0, 0.05) is 32.6 Å². The van der Waals surface area contributed by atoms with Crippen molar-refractivity contribution in [1.29, 1.82) is 0 Å². The van der Waals surface area contributed by atoms with Crippen LogP contribution in [0, 0.1) is 0 Å². The summed E-state index contributed by atoms with van der Waals surface area (Å²) in [5.74, 6) is 2.38. The van der Waals surface area contributed by atoms with Gasteiger partial charge in [0.15, 0.2) is 0 Å². The number of ether oxygens (including phenoxy) is 2. The molecular weight excluding hydrogens is 264 g/mol. The van der Waals surface area contributed by atoms with Crippen LogP contribution in [-0.4, -0.2) is 36.3 Å². The summed E-state index contributed by atoms with van der Waals surface area (Å²) in [6.45, 7) is 1.62. The van der Waals surface area contributed by atoms with E-state index in [4.69, 9.17) is 21.1 Å². The lowest BCUT2D eigenvalue weighted by Gasteiger charge is -2.08. The maximum Gasteiger partial charge on any atom is 0.146 e. The highest BCUT2D eigenvalue weighted by Gasteiger charge is 2.13. The highest BCUT2D eigenvalue weighted by atomic mass is 35.5. The highest BCUT2D eigenvalue weighted by molar-refractivity contribution is 6.17. The minimum absolute atomic E-state index is 0.565. The largest absolute Gasteiger partial charge is 0.494 e. The van der Waals surface area contributed by atoms with Crippen molar-refractivity contribution in [1.82, 2.24) is 9.55 Å². The van der Waals surface area contributed by atoms with E-state index in [1.165, 1.54) is 0 Å². The van der Waals surface area contributed by atoms with E-state index in [1.807, 2.05) is 12.1 Å². The van der Waals surface area contributed by atoms with Crippen molar-refractivity contribution < 1.29 is 9.47 Å². The van der Waals surface area contributed by atoms with Crippen LogP contribution in [-0.2, 0) is 17.7 Å². The summed E-state index contributed by atoms with van der Waals surface area (Å²) in [6, 6.07) is 5.98. The Morgan fingerprint density at radius 1 is 1.32 bits per heavy atom. The molecule has 0 aliphatic heterocycles. The second-order valence-corrected chi connectivity index (χ2v) is 4.67. The molecule has 1 aromatic carbocycles. The third-order valence-electron chi connectivity index (χ3n) is 3.09. The highest BCUT2D eigenvalue weighted by Crippen LogP contribution is 2.26. The van der Waals surface area contributed by atoms with Crippen molar-refractivity contribution in [3.8, 4) is 5.75 Å². The molecule has 19 heavy (non-hydrogen) atoms. The molecule has 1 aromatic heterocycles. The van der Waals surface area contributed by atoms with E-state index in [9.17, 15) is 0 Å². The fourth-order valence-corrected chi connectivity index (χ4v) is 2.40. The minimum atomic E-state index is 0.565. The van der Waals surface area contributed by atoms with Gasteiger partial charge in [-0.25, -0.2) is 4.98 Å². The van der Waals surface area contributed by atoms with E-state index in [1.54, 1.807) is 14.2 Å². The molecule has 4 nitrogen and oxygen atoms in total. The standard InChI is InChI=1S/C14H19ClN2O2/c1-18-10-4-9-17-11-5-3-6-12(19-2)14(11)16-13(17)7-8-15/h3,5-6H,4,7-10H2,1-2H3. The van der Waals surface area contributed by atoms with Crippen LogP contribution in [0.25, 0.3) is 11.0 Å². The Morgan fingerprint density at radius 3 is 2.84 bits per heavy atom. The fourth-order valence-electron chi connectivity index (χ4n) is 2.23. The molecule has 0 radical (unpaired) electrons. The van der Waals surface area contributed by atoms with E-state index in [-0.39, 0.29) is 0 Å². The number of aromatic nitrogens is 2. The molecule has 0 saturated heterocycles. The molecule has 0 aliphatic rings. The van der Waals surface area contributed by atoms with Gasteiger partial charge in [0.05, 0.1) is 12.6 Å². The quantitative estimate of drug-likeness (QED) is 0.579. The number of imidazole rings is 1. The second kappa shape index (κ2) is 6.78. The average molecular weight is 283 g/mol. The van der Waals surface area contributed by atoms with Crippen molar-refractivity contribution in [3.05, 3.63) is 24.0 Å². The molecule has 2 rings (SSSR count). The smallest absolute Gasteiger partial charge is 0.146 e. The Hall–Kier alpha value is -1.26. The van der Waals surface area contributed by atoms with Gasteiger partial charge in [-0.2, -0.15) is 0 Å². The van der Waals surface area contributed by atoms with Crippen molar-refractivity contribution in [2.24, 2.45) is 0 Å². The Kier molecular flexibility index (Phi) is 5.05. The molecule has 0 atom stereocenters. The summed E-state index contributed by atoms with van der Waals surface area (Å²) in [5.41, 5.74) is 2.00. The Bertz CT molecular complexity index is 539. The van der Waals surface area contributed by atoms with Gasteiger partial charge in [0.25, 0.3) is 0 Å². The Morgan fingerprint density at radius 2 is 2.16 bits per heavy atom. The number of halogens is 1. The molecule has 0 bridgehead atoms. The third-order valence-corrected chi connectivity index (χ3v) is 3.28. The van der Waals surface area contributed by atoms with Gasteiger partial charge < -0.3 is 14.0 Å². The molecule has 0 N–H and O–H groups in total. The van der Waals surface area contributed by atoms with Gasteiger partial charge in [-0.3, -0.25) is 0 Å². The molecule has 0 fully saturated rings. The molecule has 1 heterocycles. The van der Waals surface area contributed by atoms with Crippen LogP contribution in [0.5, 0.6) is 5.75 Å². The topological polar surface area (TPSA) is 36.3 Å². The number of para-hydroxylation sites is 1. The van der Waals surface area contributed by atoms with Crippen LogP contribution in [0.15, 0.2) is 18.2 Å². The Balaban J connectivity index is 2.41. The van der Waals surface area contributed by atoms with E-state index in [0.717, 1.165) is 48.6 Å². The number of fused-ring (bicyclic) bond motifs is 1. The molecule has 2 aromatic rings. The average Bonchev–Trinajstić information content (AvgIpc) is 2.77. The number of alkyl halides is 1. The van der Waals surface area contributed by atoms with E-state index >= 15 is 0 Å². The summed E-state index contributed by atoms with van der Waals surface area (Å²) in [7, 11) is 3.38. The number of aryl methyl sites for hydroxylation is 2. The van der Waals surface area contributed by atoms with E-state index < -0.39 is 0 Å². The number of nitrogens with zero attached hydrogens (tertiary/aromatic N) is 2. The summed E-state index contributed by atoms with van der Waals surface area (Å²) >= 11 is 5.86. The number of rotatable bonds is 7.